The van der Waals surface area contributed by atoms with Gasteiger partial charge in [-0.25, -0.2) is 14.6 Å². The third-order valence-electron chi connectivity index (χ3n) is 8.21. The van der Waals surface area contributed by atoms with E-state index in [0.717, 1.165) is 53.7 Å². The Bertz CT molecular complexity index is 1550. The molecular weight excluding hydrogens is 574 g/mol. The molecule has 238 valence electrons. The van der Waals surface area contributed by atoms with Crippen LogP contribution in [0.5, 0.6) is 17.2 Å². The van der Waals surface area contributed by atoms with Gasteiger partial charge in [0, 0.05) is 24.6 Å². The molecule has 1 saturated heterocycles. The van der Waals surface area contributed by atoms with Crippen LogP contribution in [0, 0.1) is 5.92 Å². The Morgan fingerprint density at radius 3 is 2.53 bits per heavy atom. The Morgan fingerprint density at radius 1 is 1.07 bits per heavy atom. The number of hydrogen-bond donors (Lipinski definition) is 1. The van der Waals surface area contributed by atoms with Crippen LogP contribution < -0.4 is 19.5 Å². The molecule has 1 saturated carbocycles. The van der Waals surface area contributed by atoms with Gasteiger partial charge in [0.2, 0.25) is 0 Å². The fourth-order valence-electron chi connectivity index (χ4n) is 5.71. The number of carbonyl (C=O) groups excluding carboxylic acids is 2. The van der Waals surface area contributed by atoms with E-state index in [2.05, 4.69) is 5.32 Å². The lowest BCUT2D eigenvalue weighted by Gasteiger charge is -2.35. The number of hydrogen-bond acceptors (Lipinski definition) is 8. The number of piperidine rings is 1. The van der Waals surface area contributed by atoms with Gasteiger partial charge in [-0.05, 0) is 93.8 Å². The highest BCUT2D eigenvalue weighted by Crippen LogP contribution is 2.43. The van der Waals surface area contributed by atoms with Crippen molar-refractivity contribution in [3.8, 4) is 28.5 Å². The molecule has 3 heterocycles. The van der Waals surface area contributed by atoms with E-state index in [0.29, 0.717) is 55.2 Å². The molecule has 2 fully saturated rings. The molecule has 10 nitrogen and oxygen atoms in total. The van der Waals surface area contributed by atoms with Crippen LogP contribution in [-0.2, 0) is 22.7 Å². The van der Waals surface area contributed by atoms with Crippen molar-refractivity contribution < 1.29 is 33.3 Å². The van der Waals surface area contributed by atoms with Gasteiger partial charge >= 0.3 is 12.2 Å². The van der Waals surface area contributed by atoms with Crippen LogP contribution in [-0.4, -0.2) is 54.5 Å². The molecule has 1 aromatic heterocycles. The van der Waals surface area contributed by atoms with Crippen LogP contribution in [0.3, 0.4) is 0 Å². The first-order valence-electron chi connectivity index (χ1n) is 15.6. The molecule has 0 unspecified atom stereocenters. The molecule has 3 aliphatic rings. The van der Waals surface area contributed by atoms with E-state index in [-0.39, 0.29) is 18.6 Å². The molecule has 0 bridgehead atoms. The lowest BCUT2D eigenvalue weighted by atomic mass is 9.87. The Hall–Kier alpha value is -4.47. The molecule has 0 radical (unpaired) electrons. The number of fused-ring (bicyclic) bond motifs is 1. The van der Waals surface area contributed by atoms with Crippen molar-refractivity contribution in [2.75, 3.05) is 32.1 Å². The number of nitrogens with zero attached hydrogens (tertiary/aromatic N) is 2. The maximum atomic E-state index is 13.0. The van der Waals surface area contributed by atoms with Gasteiger partial charge in [-0.1, -0.05) is 18.2 Å². The van der Waals surface area contributed by atoms with Crippen LogP contribution in [0.15, 0.2) is 48.5 Å². The second kappa shape index (κ2) is 12.9. The van der Waals surface area contributed by atoms with Gasteiger partial charge in [-0.15, -0.1) is 0 Å². The second-order valence-electron chi connectivity index (χ2n) is 12.9. The zero-order chi connectivity index (χ0) is 31.6. The van der Waals surface area contributed by atoms with Crippen LogP contribution >= 0.6 is 0 Å². The predicted molar refractivity (Wildman–Crippen MR) is 169 cm³/mol. The first-order valence-corrected chi connectivity index (χ1v) is 15.6. The summed E-state index contributed by atoms with van der Waals surface area (Å²) in [6.45, 7) is 7.77. The van der Waals surface area contributed by atoms with E-state index < -0.39 is 11.7 Å². The molecule has 2 aromatic carbocycles. The Kier molecular flexibility index (Phi) is 8.74. The first-order chi connectivity index (χ1) is 21.7. The first kappa shape index (κ1) is 30.6. The number of anilines is 1. The number of rotatable bonds is 9. The summed E-state index contributed by atoms with van der Waals surface area (Å²) in [5.41, 5.74) is 3.52. The van der Waals surface area contributed by atoms with E-state index in [1.54, 1.807) is 12.0 Å². The van der Waals surface area contributed by atoms with Gasteiger partial charge in [-0.3, -0.25) is 5.32 Å². The average molecular weight is 616 g/mol. The topological polar surface area (TPSA) is 108 Å². The van der Waals surface area contributed by atoms with Crippen molar-refractivity contribution in [3.63, 3.8) is 0 Å². The zero-order valence-electron chi connectivity index (χ0n) is 26.4. The molecule has 45 heavy (non-hydrogen) atoms. The maximum Gasteiger partial charge on any atom is 0.413 e. The van der Waals surface area contributed by atoms with E-state index in [1.165, 1.54) is 0 Å². The van der Waals surface area contributed by atoms with Crippen molar-refractivity contribution in [2.24, 2.45) is 5.92 Å². The summed E-state index contributed by atoms with van der Waals surface area (Å²) in [6, 6.07) is 15.6. The number of benzene rings is 2. The summed E-state index contributed by atoms with van der Waals surface area (Å²) in [5, 5.41) is 2.81. The summed E-state index contributed by atoms with van der Waals surface area (Å²) in [5.74, 6) is 3.06. The lowest BCUT2D eigenvalue weighted by molar-refractivity contribution is 0.0198. The minimum atomic E-state index is -0.586. The van der Waals surface area contributed by atoms with E-state index in [4.69, 9.17) is 28.7 Å². The van der Waals surface area contributed by atoms with Crippen LogP contribution in [0.25, 0.3) is 11.3 Å². The van der Waals surface area contributed by atoms with Gasteiger partial charge in [0.05, 0.1) is 25.0 Å². The predicted octanol–water partition coefficient (Wildman–Crippen LogP) is 7.30. The van der Waals surface area contributed by atoms with Gasteiger partial charge < -0.3 is 28.6 Å². The normalized spacial score (nSPS) is 17.9. The Labute approximate surface area is 264 Å². The molecule has 3 aromatic rings. The molecule has 1 N–H and O–H groups in total. The Balaban J connectivity index is 1.37. The molecule has 10 heteroatoms. The molecular formula is C35H41N3O7. The van der Waals surface area contributed by atoms with Gasteiger partial charge in [0.15, 0.2) is 0 Å². The van der Waals surface area contributed by atoms with E-state index in [9.17, 15) is 9.59 Å². The largest absolute Gasteiger partial charge is 0.497 e. The third-order valence-corrected chi connectivity index (χ3v) is 8.21. The standard InChI is InChI=1S/C35H41N3O7/c1-35(2,3)45-34(40)38-16-6-7-24(18-38)26-17-28(36-32-27(26)21-44-33(39)37-32)31-29(42-19-22-10-11-22)8-5-9-30(31)43-20-23-12-14-25(41-4)15-13-23/h5,8-9,12-15,17,22,24H,6-7,10-11,16,18-21H2,1-4H3,(H,36,37,39)/t24-/m1/s1. The third kappa shape index (κ3) is 7.44. The highest BCUT2D eigenvalue weighted by molar-refractivity contribution is 5.88. The number of carbonyl (C=O) groups is 2. The minimum Gasteiger partial charge on any atom is -0.497 e. The molecule has 6 rings (SSSR count). The van der Waals surface area contributed by atoms with Crippen LogP contribution in [0.2, 0.25) is 0 Å². The van der Waals surface area contributed by atoms with E-state index >= 15 is 0 Å². The fourth-order valence-corrected chi connectivity index (χ4v) is 5.71. The number of nitrogens with one attached hydrogen (secondary N) is 1. The zero-order valence-corrected chi connectivity index (χ0v) is 26.4. The molecule has 2 aliphatic heterocycles. The number of methoxy groups -OCH3 is 1. The number of amides is 2. The smallest absolute Gasteiger partial charge is 0.413 e. The lowest BCUT2D eigenvalue weighted by Crippen LogP contribution is -2.42. The number of aromatic nitrogens is 1. The molecule has 0 spiro atoms. The Morgan fingerprint density at radius 2 is 1.82 bits per heavy atom. The number of cyclic esters (lactones) is 1. The maximum absolute atomic E-state index is 13.0. The van der Waals surface area contributed by atoms with Gasteiger partial charge in [0.25, 0.3) is 0 Å². The second-order valence-corrected chi connectivity index (χ2v) is 12.9. The summed E-state index contributed by atoms with van der Waals surface area (Å²) in [7, 11) is 1.64. The average Bonchev–Trinajstić information content (AvgIpc) is 3.86. The van der Waals surface area contributed by atoms with Crippen molar-refractivity contribution in [1.29, 1.82) is 0 Å². The fraction of sp³-hybridized carbons (Fsp3) is 0.457. The summed E-state index contributed by atoms with van der Waals surface area (Å²) < 4.78 is 29.2. The van der Waals surface area contributed by atoms with Crippen molar-refractivity contribution in [1.82, 2.24) is 9.88 Å². The quantitative estimate of drug-likeness (QED) is 0.267. The summed E-state index contributed by atoms with van der Waals surface area (Å²) in [6.07, 6.45) is 3.13. The molecule has 1 atom stereocenters. The van der Waals surface area contributed by atoms with Crippen molar-refractivity contribution in [2.45, 2.75) is 71.2 Å². The molecule has 1 aliphatic carbocycles. The number of likely N-dealkylation sites (tertiary alicyclic amines) is 1. The number of ether oxygens (including phenoxy) is 5. The van der Waals surface area contributed by atoms with Crippen molar-refractivity contribution in [3.05, 3.63) is 65.2 Å². The molecule has 2 amide bonds. The number of pyridine rings is 1. The summed E-state index contributed by atoms with van der Waals surface area (Å²) >= 11 is 0. The highest BCUT2D eigenvalue weighted by Gasteiger charge is 2.33. The van der Waals surface area contributed by atoms with Crippen LogP contribution in [0.1, 0.15) is 69.1 Å². The van der Waals surface area contributed by atoms with Crippen LogP contribution in [0.4, 0.5) is 15.4 Å². The monoisotopic (exact) mass is 615 g/mol. The summed E-state index contributed by atoms with van der Waals surface area (Å²) in [4.78, 5) is 32.1. The van der Waals surface area contributed by atoms with Gasteiger partial charge in [0.1, 0.15) is 41.9 Å². The van der Waals surface area contributed by atoms with Gasteiger partial charge in [-0.2, -0.15) is 0 Å². The van der Waals surface area contributed by atoms with E-state index in [1.807, 2.05) is 69.3 Å². The minimum absolute atomic E-state index is 0.0106. The highest BCUT2D eigenvalue weighted by atomic mass is 16.6. The SMILES string of the molecule is COc1ccc(COc2cccc(OCC3CC3)c2-c2cc([C@@H]3CCCN(C(=O)OC(C)(C)C)C3)c3c(n2)NC(=O)OC3)cc1. The van der Waals surface area contributed by atoms with Crippen molar-refractivity contribution >= 4 is 18.0 Å².